The maximum absolute atomic E-state index is 13.3. The van der Waals surface area contributed by atoms with E-state index in [-0.39, 0.29) is 11.3 Å². The number of ether oxygens (including phenoxy) is 2. The third kappa shape index (κ3) is 4.64. The molecular weight excluding hydrogens is 442 g/mol. The molecule has 1 amide bonds. The van der Waals surface area contributed by atoms with Crippen LogP contribution in [0.15, 0.2) is 78.4 Å². The minimum atomic E-state index is -0.852. The number of methoxy groups -OCH3 is 1. The van der Waals surface area contributed by atoms with Crippen LogP contribution >= 0.6 is 0 Å². The summed E-state index contributed by atoms with van der Waals surface area (Å²) in [7, 11) is 1.54. The Balaban J connectivity index is 1.87. The molecule has 1 aliphatic rings. The molecule has 0 radical (unpaired) electrons. The molecule has 6 heteroatoms. The summed E-state index contributed by atoms with van der Waals surface area (Å²) in [6.07, 6.45) is 1.73. The summed E-state index contributed by atoms with van der Waals surface area (Å²) in [5.74, 6) is -0.502. The molecule has 4 rings (SSSR count). The van der Waals surface area contributed by atoms with Crippen molar-refractivity contribution in [3.8, 4) is 11.5 Å². The number of carbonyl (C=O) groups excluding carboxylic acids is 2. The highest BCUT2D eigenvalue weighted by Crippen LogP contribution is 2.44. The van der Waals surface area contributed by atoms with Crippen LogP contribution < -0.4 is 14.4 Å². The number of aliphatic hydroxyl groups is 1. The van der Waals surface area contributed by atoms with E-state index in [0.29, 0.717) is 34.9 Å². The van der Waals surface area contributed by atoms with Crippen LogP contribution in [-0.2, 0) is 16.0 Å². The summed E-state index contributed by atoms with van der Waals surface area (Å²) < 4.78 is 11.2. The van der Waals surface area contributed by atoms with Gasteiger partial charge in [-0.15, -0.1) is 0 Å². The molecule has 0 aromatic heterocycles. The average molecular weight is 472 g/mol. The monoisotopic (exact) mass is 471 g/mol. The molecule has 1 unspecified atom stereocenters. The van der Waals surface area contributed by atoms with Gasteiger partial charge in [0.05, 0.1) is 25.3 Å². The van der Waals surface area contributed by atoms with E-state index in [2.05, 4.69) is 6.92 Å². The van der Waals surface area contributed by atoms with Crippen molar-refractivity contribution in [3.05, 3.63) is 95.1 Å². The normalized spacial score (nSPS) is 17.0. The van der Waals surface area contributed by atoms with Crippen molar-refractivity contribution in [1.82, 2.24) is 0 Å². The summed E-state index contributed by atoms with van der Waals surface area (Å²) in [4.78, 5) is 28.1. The van der Waals surface area contributed by atoms with Gasteiger partial charge in [0.15, 0.2) is 0 Å². The van der Waals surface area contributed by atoms with E-state index in [4.69, 9.17) is 9.47 Å². The molecule has 180 valence electrons. The second-order valence-electron chi connectivity index (χ2n) is 8.30. The van der Waals surface area contributed by atoms with E-state index in [1.54, 1.807) is 36.4 Å². The number of Topliss-reactive ketones (excluding diaryl/α,β-unsaturated/α-hetero) is 1. The van der Waals surface area contributed by atoms with Crippen LogP contribution in [0.5, 0.6) is 11.5 Å². The number of rotatable bonds is 8. The summed E-state index contributed by atoms with van der Waals surface area (Å²) in [5.41, 5.74) is 2.74. The zero-order chi connectivity index (χ0) is 24.9. The first kappa shape index (κ1) is 24.1. The molecule has 6 nitrogen and oxygen atoms in total. The van der Waals surface area contributed by atoms with E-state index in [1.807, 2.05) is 43.3 Å². The molecule has 0 spiro atoms. The summed E-state index contributed by atoms with van der Waals surface area (Å²) in [5, 5.41) is 11.3. The van der Waals surface area contributed by atoms with E-state index in [1.165, 1.54) is 12.0 Å². The van der Waals surface area contributed by atoms with Crippen molar-refractivity contribution in [3.63, 3.8) is 0 Å². The fraction of sp³-hybridized carbons (Fsp3) is 0.241. The third-order valence-electron chi connectivity index (χ3n) is 6.10. The molecule has 1 saturated heterocycles. The lowest BCUT2D eigenvalue weighted by molar-refractivity contribution is -0.132. The smallest absolute Gasteiger partial charge is 0.300 e. The lowest BCUT2D eigenvalue weighted by Gasteiger charge is -2.26. The largest absolute Gasteiger partial charge is 0.507 e. The zero-order valence-corrected chi connectivity index (χ0v) is 20.2. The molecule has 35 heavy (non-hydrogen) atoms. The lowest BCUT2D eigenvalue weighted by atomic mass is 9.94. The Kier molecular flexibility index (Phi) is 7.20. The Morgan fingerprint density at radius 3 is 2.26 bits per heavy atom. The zero-order valence-electron chi connectivity index (χ0n) is 20.2. The Morgan fingerprint density at radius 2 is 1.63 bits per heavy atom. The minimum absolute atomic E-state index is 0.0151. The number of ketones is 1. The molecule has 0 aliphatic carbocycles. The van der Waals surface area contributed by atoms with Crippen molar-refractivity contribution >= 4 is 23.1 Å². The van der Waals surface area contributed by atoms with Gasteiger partial charge in [0, 0.05) is 16.8 Å². The van der Waals surface area contributed by atoms with Crippen LogP contribution in [0.2, 0.25) is 0 Å². The number of carbonyl (C=O) groups is 2. The van der Waals surface area contributed by atoms with Crippen molar-refractivity contribution < 1.29 is 24.2 Å². The fourth-order valence-corrected chi connectivity index (χ4v) is 4.26. The van der Waals surface area contributed by atoms with E-state index in [9.17, 15) is 14.7 Å². The standard InChI is InChI=1S/C29H29NO5/c1-4-18-35-22-16-12-20(13-17-22)27(31)25-26(23-8-6-7-9-24(23)34-3)30(29(33)28(25)32)21-14-10-19(5-2)11-15-21/h6-17,26,31H,4-5,18H2,1-3H3/b27-25-. The highest BCUT2D eigenvalue weighted by atomic mass is 16.5. The molecule has 1 fully saturated rings. The van der Waals surface area contributed by atoms with E-state index >= 15 is 0 Å². The third-order valence-corrected chi connectivity index (χ3v) is 6.10. The van der Waals surface area contributed by atoms with Crippen molar-refractivity contribution in [2.75, 3.05) is 18.6 Å². The summed E-state index contributed by atoms with van der Waals surface area (Å²) >= 11 is 0. The number of anilines is 1. The number of amides is 1. The molecule has 1 atom stereocenters. The quantitative estimate of drug-likeness (QED) is 0.260. The van der Waals surface area contributed by atoms with Crippen molar-refractivity contribution in [1.29, 1.82) is 0 Å². The van der Waals surface area contributed by atoms with Crippen LogP contribution in [0, 0.1) is 0 Å². The molecule has 1 aliphatic heterocycles. The van der Waals surface area contributed by atoms with Gasteiger partial charge in [-0.2, -0.15) is 0 Å². The Hall–Kier alpha value is -4.06. The number of para-hydroxylation sites is 1. The van der Waals surface area contributed by atoms with Crippen LogP contribution in [0.1, 0.15) is 43.0 Å². The second kappa shape index (κ2) is 10.5. The maximum Gasteiger partial charge on any atom is 0.300 e. The SMILES string of the molecule is CCCOc1ccc(/C(O)=C2/C(=O)C(=O)N(c3ccc(CC)cc3)C2c2ccccc2OC)cc1. The number of benzene rings is 3. The van der Waals surface area contributed by atoms with Gasteiger partial charge < -0.3 is 14.6 Å². The molecule has 3 aromatic rings. The molecular formula is C29H29NO5. The summed E-state index contributed by atoms with van der Waals surface area (Å²) in [6.45, 7) is 4.66. The molecule has 1 N–H and O–H groups in total. The fourth-order valence-electron chi connectivity index (χ4n) is 4.26. The number of aryl methyl sites for hydroxylation is 1. The van der Waals surface area contributed by atoms with E-state index in [0.717, 1.165) is 18.4 Å². The van der Waals surface area contributed by atoms with Gasteiger partial charge in [0.2, 0.25) is 0 Å². The number of hydrogen-bond donors (Lipinski definition) is 1. The van der Waals surface area contributed by atoms with Crippen LogP contribution in [-0.4, -0.2) is 30.5 Å². The topological polar surface area (TPSA) is 76.1 Å². The minimum Gasteiger partial charge on any atom is -0.507 e. The van der Waals surface area contributed by atoms with E-state index < -0.39 is 17.7 Å². The first-order chi connectivity index (χ1) is 17.0. The molecule has 3 aromatic carbocycles. The number of aliphatic hydroxyl groups excluding tert-OH is 1. The predicted molar refractivity (Wildman–Crippen MR) is 136 cm³/mol. The Bertz CT molecular complexity index is 1240. The number of hydrogen-bond acceptors (Lipinski definition) is 5. The van der Waals surface area contributed by atoms with Gasteiger partial charge >= 0.3 is 0 Å². The lowest BCUT2D eigenvalue weighted by Crippen LogP contribution is -2.29. The van der Waals surface area contributed by atoms with Crippen LogP contribution in [0.3, 0.4) is 0 Å². The Labute approximate surface area is 205 Å². The van der Waals surface area contributed by atoms with Gasteiger partial charge in [0.1, 0.15) is 17.3 Å². The van der Waals surface area contributed by atoms with Crippen molar-refractivity contribution in [2.45, 2.75) is 32.7 Å². The predicted octanol–water partition coefficient (Wildman–Crippen LogP) is 5.67. The van der Waals surface area contributed by atoms with Gasteiger partial charge in [-0.05, 0) is 60.9 Å². The van der Waals surface area contributed by atoms with Gasteiger partial charge in [-0.25, -0.2) is 0 Å². The number of nitrogens with zero attached hydrogens (tertiary/aromatic N) is 1. The van der Waals surface area contributed by atoms with Gasteiger partial charge in [0.25, 0.3) is 11.7 Å². The average Bonchev–Trinajstić information content (AvgIpc) is 3.17. The van der Waals surface area contributed by atoms with Crippen molar-refractivity contribution in [2.24, 2.45) is 0 Å². The van der Waals surface area contributed by atoms with Crippen LogP contribution in [0.4, 0.5) is 5.69 Å². The first-order valence-corrected chi connectivity index (χ1v) is 11.8. The highest BCUT2D eigenvalue weighted by molar-refractivity contribution is 6.51. The molecule has 1 heterocycles. The maximum atomic E-state index is 13.3. The van der Waals surface area contributed by atoms with Gasteiger partial charge in [-0.1, -0.05) is 44.2 Å². The first-order valence-electron chi connectivity index (χ1n) is 11.8. The second-order valence-corrected chi connectivity index (χ2v) is 8.30. The Morgan fingerprint density at radius 1 is 0.943 bits per heavy atom. The highest BCUT2D eigenvalue weighted by Gasteiger charge is 2.47. The van der Waals surface area contributed by atoms with Crippen LogP contribution in [0.25, 0.3) is 5.76 Å². The summed E-state index contributed by atoms with van der Waals surface area (Å²) in [6, 6.07) is 20.7. The van der Waals surface area contributed by atoms with Gasteiger partial charge in [-0.3, -0.25) is 14.5 Å². The molecule has 0 bridgehead atoms. The molecule has 0 saturated carbocycles.